The Morgan fingerprint density at radius 2 is 2.00 bits per heavy atom. The fraction of sp³-hybridized carbons (Fsp3) is 0.526. The second-order valence-corrected chi connectivity index (χ2v) is 7.13. The van der Waals surface area contributed by atoms with Gasteiger partial charge in [-0.05, 0) is 26.3 Å². The molecule has 2 saturated heterocycles. The average molecular weight is 355 g/mol. The van der Waals surface area contributed by atoms with Gasteiger partial charge in [-0.15, -0.1) is 0 Å². The van der Waals surface area contributed by atoms with Gasteiger partial charge in [-0.1, -0.05) is 35.0 Å². The van der Waals surface area contributed by atoms with Crippen LogP contribution in [0.25, 0.3) is 11.4 Å². The Morgan fingerprint density at radius 3 is 2.69 bits per heavy atom. The normalized spacial score (nSPS) is 21.3. The first-order valence-electron chi connectivity index (χ1n) is 9.33. The van der Waals surface area contributed by atoms with E-state index in [-0.39, 0.29) is 11.9 Å². The molecule has 2 fully saturated rings. The van der Waals surface area contributed by atoms with Crippen molar-refractivity contribution in [3.63, 3.8) is 0 Å². The van der Waals surface area contributed by atoms with Gasteiger partial charge >= 0.3 is 0 Å². The van der Waals surface area contributed by atoms with Crippen LogP contribution in [-0.2, 0) is 11.3 Å². The van der Waals surface area contributed by atoms with Crippen LogP contribution in [0.1, 0.15) is 24.3 Å². The van der Waals surface area contributed by atoms with Gasteiger partial charge in [-0.2, -0.15) is 4.98 Å². The van der Waals surface area contributed by atoms with Gasteiger partial charge < -0.3 is 14.7 Å². The summed E-state index contributed by atoms with van der Waals surface area (Å²) in [6.45, 7) is 6.82. The van der Waals surface area contributed by atoms with Crippen LogP contribution in [0, 0.1) is 6.92 Å². The van der Waals surface area contributed by atoms with Crippen LogP contribution in [-0.4, -0.2) is 64.6 Å². The molecular formula is C19H25N5O2. The summed E-state index contributed by atoms with van der Waals surface area (Å²) in [5.41, 5.74) is 2.17. The number of aryl methyl sites for hydroxylation is 1. The van der Waals surface area contributed by atoms with Crippen LogP contribution in [0.4, 0.5) is 0 Å². The van der Waals surface area contributed by atoms with E-state index in [2.05, 4.69) is 27.3 Å². The number of nitrogens with one attached hydrogen (secondary N) is 1. The fourth-order valence-corrected chi connectivity index (χ4v) is 3.57. The number of hydrogen-bond donors (Lipinski definition) is 1. The predicted molar refractivity (Wildman–Crippen MR) is 97.4 cm³/mol. The molecule has 3 heterocycles. The van der Waals surface area contributed by atoms with Gasteiger partial charge in [-0.3, -0.25) is 9.69 Å². The molecule has 1 atom stereocenters. The van der Waals surface area contributed by atoms with Crippen molar-refractivity contribution >= 4 is 5.91 Å². The van der Waals surface area contributed by atoms with E-state index >= 15 is 0 Å². The molecule has 1 aromatic carbocycles. The van der Waals surface area contributed by atoms with E-state index in [0.29, 0.717) is 18.3 Å². The number of piperazine rings is 1. The maximum atomic E-state index is 12.5. The Labute approximate surface area is 153 Å². The zero-order valence-corrected chi connectivity index (χ0v) is 15.1. The van der Waals surface area contributed by atoms with Gasteiger partial charge in [0.25, 0.3) is 0 Å². The molecule has 2 aromatic rings. The van der Waals surface area contributed by atoms with E-state index in [9.17, 15) is 4.79 Å². The van der Waals surface area contributed by atoms with Crippen LogP contribution < -0.4 is 5.32 Å². The lowest BCUT2D eigenvalue weighted by atomic mass is 10.1. The summed E-state index contributed by atoms with van der Waals surface area (Å²) < 4.78 is 5.41. The molecular weight excluding hydrogens is 330 g/mol. The minimum atomic E-state index is 0.0227. The van der Waals surface area contributed by atoms with Crippen molar-refractivity contribution in [1.29, 1.82) is 0 Å². The van der Waals surface area contributed by atoms with E-state index in [4.69, 9.17) is 4.52 Å². The number of nitrogens with zero attached hydrogens (tertiary/aromatic N) is 4. The Hall–Kier alpha value is -2.25. The largest absolute Gasteiger partial charge is 0.339 e. The lowest BCUT2D eigenvalue weighted by Gasteiger charge is -2.35. The minimum absolute atomic E-state index is 0.0227. The molecule has 1 aromatic heterocycles. The number of carbonyl (C=O) groups excluding carboxylic acids is 1. The van der Waals surface area contributed by atoms with Crippen LogP contribution in [0.15, 0.2) is 28.8 Å². The van der Waals surface area contributed by atoms with Crippen molar-refractivity contribution in [1.82, 2.24) is 25.3 Å². The SMILES string of the molecule is Cc1ccc(-c2noc(CN3CCN(C(=O)C4CCCN4)CC3)n2)cc1. The molecule has 2 aliphatic heterocycles. The summed E-state index contributed by atoms with van der Waals surface area (Å²) in [5, 5.41) is 7.38. The highest BCUT2D eigenvalue weighted by atomic mass is 16.5. The van der Waals surface area contributed by atoms with Crippen molar-refractivity contribution in [2.75, 3.05) is 32.7 Å². The molecule has 7 heteroatoms. The molecule has 4 rings (SSSR count). The van der Waals surface area contributed by atoms with Gasteiger partial charge in [-0.25, -0.2) is 0 Å². The molecule has 1 unspecified atom stereocenters. The van der Waals surface area contributed by atoms with E-state index < -0.39 is 0 Å². The number of rotatable bonds is 4. The smallest absolute Gasteiger partial charge is 0.241 e. The van der Waals surface area contributed by atoms with Gasteiger partial charge in [0, 0.05) is 31.7 Å². The molecule has 1 amide bonds. The molecule has 0 spiro atoms. The number of carbonyl (C=O) groups is 1. The minimum Gasteiger partial charge on any atom is -0.339 e. The highest BCUT2D eigenvalue weighted by Gasteiger charge is 2.29. The summed E-state index contributed by atoms with van der Waals surface area (Å²) in [5.74, 6) is 1.50. The van der Waals surface area contributed by atoms with Crippen LogP contribution in [0.5, 0.6) is 0 Å². The molecule has 0 aliphatic carbocycles. The lowest BCUT2D eigenvalue weighted by molar-refractivity contribution is -0.134. The molecule has 26 heavy (non-hydrogen) atoms. The zero-order valence-electron chi connectivity index (χ0n) is 15.1. The predicted octanol–water partition coefficient (Wildman–Crippen LogP) is 1.44. The van der Waals surface area contributed by atoms with Crippen molar-refractivity contribution < 1.29 is 9.32 Å². The average Bonchev–Trinajstić information content (AvgIpc) is 3.35. The number of amides is 1. The zero-order chi connectivity index (χ0) is 17.9. The monoisotopic (exact) mass is 355 g/mol. The first kappa shape index (κ1) is 17.2. The summed E-state index contributed by atoms with van der Waals surface area (Å²) in [4.78, 5) is 21.2. The van der Waals surface area contributed by atoms with Crippen molar-refractivity contribution in [3.8, 4) is 11.4 Å². The van der Waals surface area contributed by atoms with Gasteiger partial charge in [0.05, 0.1) is 12.6 Å². The first-order chi connectivity index (χ1) is 12.7. The van der Waals surface area contributed by atoms with E-state index in [1.165, 1.54) is 5.56 Å². The molecule has 0 bridgehead atoms. The Morgan fingerprint density at radius 1 is 1.23 bits per heavy atom. The maximum absolute atomic E-state index is 12.5. The second-order valence-electron chi connectivity index (χ2n) is 7.13. The Kier molecular flexibility index (Phi) is 4.99. The molecule has 138 valence electrons. The molecule has 1 N–H and O–H groups in total. The van der Waals surface area contributed by atoms with Crippen LogP contribution >= 0.6 is 0 Å². The van der Waals surface area contributed by atoms with E-state index in [1.807, 2.05) is 29.2 Å². The number of hydrogen-bond acceptors (Lipinski definition) is 6. The maximum Gasteiger partial charge on any atom is 0.241 e. The fourth-order valence-electron chi connectivity index (χ4n) is 3.57. The van der Waals surface area contributed by atoms with Crippen molar-refractivity contribution in [2.45, 2.75) is 32.4 Å². The second kappa shape index (κ2) is 7.55. The molecule has 0 saturated carbocycles. The lowest BCUT2D eigenvalue weighted by Crippen LogP contribution is -2.52. The van der Waals surface area contributed by atoms with Crippen molar-refractivity contribution in [3.05, 3.63) is 35.7 Å². The standard InChI is InChI=1S/C19H25N5O2/c1-14-4-6-15(7-5-14)18-21-17(26-22-18)13-23-9-11-24(12-10-23)19(25)16-3-2-8-20-16/h4-7,16,20H,2-3,8-13H2,1H3. The third-order valence-electron chi connectivity index (χ3n) is 5.18. The topological polar surface area (TPSA) is 74.5 Å². The summed E-state index contributed by atoms with van der Waals surface area (Å²) in [7, 11) is 0. The summed E-state index contributed by atoms with van der Waals surface area (Å²) in [6, 6.07) is 8.12. The highest BCUT2D eigenvalue weighted by Crippen LogP contribution is 2.18. The Balaban J connectivity index is 1.30. The first-order valence-corrected chi connectivity index (χ1v) is 9.33. The summed E-state index contributed by atoms with van der Waals surface area (Å²) in [6.07, 6.45) is 2.06. The highest BCUT2D eigenvalue weighted by molar-refractivity contribution is 5.82. The molecule has 0 radical (unpaired) electrons. The summed E-state index contributed by atoms with van der Waals surface area (Å²) >= 11 is 0. The third kappa shape index (κ3) is 3.78. The Bertz CT molecular complexity index is 744. The van der Waals surface area contributed by atoms with Gasteiger partial charge in [0.1, 0.15) is 0 Å². The number of aromatic nitrogens is 2. The van der Waals surface area contributed by atoms with Gasteiger partial charge in [0.15, 0.2) is 0 Å². The number of benzene rings is 1. The quantitative estimate of drug-likeness (QED) is 0.895. The molecule has 7 nitrogen and oxygen atoms in total. The molecule has 2 aliphatic rings. The van der Waals surface area contributed by atoms with E-state index in [0.717, 1.165) is 51.1 Å². The third-order valence-corrected chi connectivity index (χ3v) is 5.18. The van der Waals surface area contributed by atoms with Crippen LogP contribution in [0.3, 0.4) is 0 Å². The van der Waals surface area contributed by atoms with Gasteiger partial charge in [0.2, 0.25) is 17.6 Å². The van der Waals surface area contributed by atoms with Crippen LogP contribution in [0.2, 0.25) is 0 Å². The van der Waals surface area contributed by atoms with E-state index in [1.54, 1.807) is 0 Å². The van der Waals surface area contributed by atoms with Crippen molar-refractivity contribution in [2.24, 2.45) is 0 Å².